The fraction of sp³-hybridized carbons (Fsp3) is 0.562. The molecule has 8 heteroatoms. The highest BCUT2D eigenvalue weighted by Gasteiger charge is 2.41. The summed E-state index contributed by atoms with van der Waals surface area (Å²) in [5.41, 5.74) is 0.0719. The van der Waals surface area contributed by atoms with E-state index in [1.807, 2.05) is 0 Å². The van der Waals surface area contributed by atoms with Crippen LogP contribution < -0.4 is 5.32 Å². The topological polar surface area (TPSA) is 66.5 Å². The lowest BCUT2D eigenvalue weighted by Gasteiger charge is -2.31. The van der Waals surface area contributed by atoms with Crippen LogP contribution in [0.1, 0.15) is 36.0 Å². The van der Waals surface area contributed by atoms with Crippen LogP contribution in [0.25, 0.3) is 0 Å². The first-order chi connectivity index (χ1) is 11.4. The van der Waals surface area contributed by atoms with E-state index in [0.29, 0.717) is 32.5 Å². The summed E-state index contributed by atoms with van der Waals surface area (Å²) in [6.45, 7) is 1.35. The van der Waals surface area contributed by atoms with E-state index in [9.17, 15) is 22.0 Å². The molecule has 1 N–H and O–H groups in total. The number of carbonyl (C=O) groups is 1. The normalized spacial score (nSPS) is 20.1. The maximum atomic E-state index is 13.1. The molecule has 1 aromatic rings. The van der Waals surface area contributed by atoms with E-state index in [2.05, 4.69) is 5.32 Å². The van der Waals surface area contributed by atoms with E-state index < -0.39 is 27.6 Å². The number of sulfonamides is 1. The molecule has 0 atom stereocenters. The molecule has 1 aliphatic heterocycles. The Morgan fingerprint density at radius 3 is 2.38 bits per heavy atom. The van der Waals surface area contributed by atoms with Gasteiger partial charge in [0.15, 0.2) is 11.6 Å². The molecule has 0 unspecified atom stereocenters. The van der Waals surface area contributed by atoms with E-state index in [0.717, 1.165) is 25.0 Å². The number of amides is 1. The highest BCUT2D eigenvalue weighted by atomic mass is 32.2. The van der Waals surface area contributed by atoms with Gasteiger partial charge in [-0.15, -0.1) is 0 Å². The molecule has 0 aromatic heterocycles. The van der Waals surface area contributed by atoms with Crippen LogP contribution in [0.4, 0.5) is 8.78 Å². The monoisotopic (exact) mass is 358 g/mol. The van der Waals surface area contributed by atoms with Gasteiger partial charge >= 0.3 is 0 Å². The molecule has 2 fully saturated rings. The molecule has 0 bridgehead atoms. The number of nitrogens with one attached hydrogen (secondary N) is 1. The van der Waals surface area contributed by atoms with Crippen LogP contribution in [0.5, 0.6) is 0 Å². The predicted molar refractivity (Wildman–Crippen MR) is 84.9 cm³/mol. The Balaban J connectivity index is 1.48. The number of piperidine rings is 1. The van der Waals surface area contributed by atoms with E-state index >= 15 is 0 Å². The highest BCUT2D eigenvalue weighted by molar-refractivity contribution is 7.90. The van der Waals surface area contributed by atoms with Gasteiger partial charge in [0.1, 0.15) is 0 Å². The van der Waals surface area contributed by atoms with Crippen molar-refractivity contribution >= 4 is 15.9 Å². The molecule has 1 heterocycles. The Kier molecular flexibility index (Phi) is 4.87. The lowest BCUT2D eigenvalue weighted by atomic mass is 9.98. The van der Waals surface area contributed by atoms with Gasteiger partial charge in [0.2, 0.25) is 10.0 Å². The Morgan fingerprint density at radius 2 is 1.79 bits per heavy atom. The van der Waals surface area contributed by atoms with Crippen LogP contribution in [0.2, 0.25) is 0 Å². The zero-order valence-electron chi connectivity index (χ0n) is 13.2. The molecular formula is C16H20F2N2O3S. The summed E-state index contributed by atoms with van der Waals surface area (Å²) < 4.78 is 51.9. The molecule has 2 aliphatic rings. The van der Waals surface area contributed by atoms with Crippen LogP contribution in [0.15, 0.2) is 18.2 Å². The molecule has 0 radical (unpaired) electrons. The Labute approximate surface area is 140 Å². The summed E-state index contributed by atoms with van der Waals surface area (Å²) in [5.74, 6) is -2.32. The number of nitrogens with zero attached hydrogens (tertiary/aromatic N) is 1. The van der Waals surface area contributed by atoms with Crippen molar-refractivity contribution in [1.82, 2.24) is 9.62 Å². The van der Waals surface area contributed by atoms with Gasteiger partial charge in [-0.05, 0) is 49.8 Å². The summed E-state index contributed by atoms with van der Waals surface area (Å²) in [7, 11) is -3.13. The largest absolute Gasteiger partial charge is 0.352 e. The van der Waals surface area contributed by atoms with E-state index in [-0.39, 0.29) is 16.7 Å². The van der Waals surface area contributed by atoms with Crippen molar-refractivity contribution in [2.24, 2.45) is 5.92 Å². The number of hydrogen-bond acceptors (Lipinski definition) is 3. The van der Waals surface area contributed by atoms with Crippen molar-refractivity contribution in [1.29, 1.82) is 0 Å². The fourth-order valence-corrected chi connectivity index (χ4v) is 4.79. The van der Waals surface area contributed by atoms with Crippen molar-refractivity contribution in [3.63, 3.8) is 0 Å². The van der Waals surface area contributed by atoms with E-state index in [1.165, 1.54) is 6.07 Å². The third-order valence-corrected chi connectivity index (χ3v) is 7.01. The predicted octanol–water partition coefficient (Wildman–Crippen LogP) is 1.90. The molecular weight excluding hydrogens is 338 g/mol. The number of carbonyl (C=O) groups excluding carboxylic acids is 1. The quantitative estimate of drug-likeness (QED) is 0.874. The Hall–Kier alpha value is -1.54. The first-order valence-corrected chi connectivity index (χ1v) is 9.60. The van der Waals surface area contributed by atoms with Gasteiger partial charge in [-0.2, -0.15) is 0 Å². The minimum absolute atomic E-state index is 0.0719. The molecule has 1 amide bonds. The van der Waals surface area contributed by atoms with Gasteiger partial charge in [-0.25, -0.2) is 21.5 Å². The zero-order valence-corrected chi connectivity index (χ0v) is 14.0. The Morgan fingerprint density at radius 1 is 1.12 bits per heavy atom. The van der Waals surface area contributed by atoms with Crippen molar-refractivity contribution in [3.05, 3.63) is 35.4 Å². The fourth-order valence-electron chi connectivity index (χ4n) is 2.92. The third kappa shape index (κ3) is 3.75. The second-order valence-electron chi connectivity index (χ2n) is 6.43. The SMILES string of the molecule is O=C(NCC1CCN(S(=O)(=O)C2CC2)CC1)c1ccc(F)c(F)c1. The van der Waals surface area contributed by atoms with Crippen molar-refractivity contribution in [3.8, 4) is 0 Å². The maximum absolute atomic E-state index is 13.1. The lowest BCUT2D eigenvalue weighted by molar-refractivity contribution is 0.0941. The molecule has 5 nitrogen and oxygen atoms in total. The van der Waals surface area contributed by atoms with Crippen molar-refractivity contribution in [2.45, 2.75) is 30.9 Å². The molecule has 3 rings (SSSR count). The van der Waals surface area contributed by atoms with Gasteiger partial charge in [-0.1, -0.05) is 0 Å². The molecule has 24 heavy (non-hydrogen) atoms. The average molecular weight is 358 g/mol. The Bertz CT molecular complexity index is 727. The smallest absolute Gasteiger partial charge is 0.251 e. The minimum Gasteiger partial charge on any atom is -0.352 e. The summed E-state index contributed by atoms with van der Waals surface area (Å²) in [6.07, 6.45) is 2.88. The lowest BCUT2D eigenvalue weighted by Crippen LogP contribution is -2.42. The standard InChI is InChI=1S/C16H20F2N2O3S/c17-14-4-1-12(9-15(14)18)16(21)19-10-11-5-7-20(8-6-11)24(22,23)13-2-3-13/h1,4,9,11,13H,2-3,5-8,10H2,(H,19,21). The van der Waals surface area contributed by atoms with Crippen LogP contribution in [-0.2, 0) is 10.0 Å². The molecule has 1 aliphatic carbocycles. The molecule has 132 valence electrons. The van der Waals surface area contributed by atoms with Gasteiger partial charge in [-0.3, -0.25) is 4.79 Å². The van der Waals surface area contributed by atoms with Crippen LogP contribution in [-0.4, -0.2) is 43.5 Å². The van der Waals surface area contributed by atoms with Gasteiger partial charge in [0.05, 0.1) is 5.25 Å². The first-order valence-electron chi connectivity index (χ1n) is 8.10. The maximum Gasteiger partial charge on any atom is 0.251 e. The number of halogens is 2. The zero-order chi connectivity index (χ0) is 17.3. The van der Waals surface area contributed by atoms with Crippen LogP contribution in [0.3, 0.4) is 0 Å². The van der Waals surface area contributed by atoms with Gasteiger partial charge in [0, 0.05) is 25.2 Å². The van der Waals surface area contributed by atoms with E-state index in [4.69, 9.17) is 0 Å². The second-order valence-corrected chi connectivity index (χ2v) is 8.64. The summed E-state index contributed by atoms with van der Waals surface area (Å²) in [6, 6.07) is 3.03. The average Bonchev–Trinajstić information content (AvgIpc) is 3.41. The van der Waals surface area contributed by atoms with Crippen LogP contribution >= 0.6 is 0 Å². The van der Waals surface area contributed by atoms with Crippen molar-refractivity contribution in [2.75, 3.05) is 19.6 Å². The number of hydrogen-bond donors (Lipinski definition) is 1. The van der Waals surface area contributed by atoms with E-state index in [1.54, 1.807) is 4.31 Å². The number of benzene rings is 1. The van der Waals surface area contributed by atoms with Crippen molar-refractivity contribution < 1.29 is 22.0 Å². The summed E-state index contributed by atoms with van der Waals surface area (Å²) >= 11 is 0. The summed E-state index contributed by atoms with van der Waals surface area (Å²) in [5, 5.41) is 2.52. The first kappa shape index (κ1) is 17.3. The van der Waals surface area contributed by atoms with Gasteiger partial charge in [0.25, 0.3) is 5.91 Å². The molecule has 1 aromatic carbocycles. The molecule has 0 spiro atoms. The third-order valence-electron chi connectivity index (χ3n) is 4.61. The summed E-state index contributed by atoms with van der Waals surface area (Å²) in [4.78, 5) is 12.0. The van der Waals surface area contributed by atoms with Gasteiger partial charge < -0.3 is 5.32 Å². The number of rotatable bonds is 5. The highest BCUT2D eigenvalue weighted by Crippen LogP contribution is 2.33. The second kappa shape index (κ2) is 6.76. The molecule has 1 saturated heterocycles. The molecule has 1 saturated carbocycles. The minimum atomic E-state index is -3.13. The van der Waals surface area contributed by atoms with Crippen LogP contribution in [0, 0.1) is 17.6 Å².